The first-order valence-corrected chi connectivity index (χ1v) is 6.78. The van der Waals surface area contributed by atoms with Crippen LogP contribution in [0.5, 0.6) is 0 Å². The molecule has 1 heterocycles. The number of nitrogens with one attached hydrogen (secondary N) is 1. The van der Waals surface area contributed by atoms with Gasteiger partial charge in [0.15, 0.2) is 5.82 Å². The SMILES string of the molecule is CCCNC(CC)C(C)c1nc(CCC)no1. The van der Waals surface area contributed by atoms with Gasteiger partial charge in [-0.25, -0.2) is 0 Å². The van der Waals surface area contributed by atoms with E-state index >= 15 is 0 Å². The number of hydrogen-bond donors (Lipinski definition) is 1. The number of aromatic nitrogens is 2. The van der Waals surface area contributed by atoms with Gasteiger partial charge < -0.3 is 9.84 Å². The average Bonchev–Trinajstić information content (AvgIpc) is 2.79. The number of aryl methyl sites for hydroxylation is 1. The van der Waals surface area contributed by atoms with Crippen molar-refractivity contribution in [1.82, 2.24) is 15.5 Å². The predicted molar refractivity (Wildman–Crippen MR) is 69.1 cm³/mol. The van der Waals surface area contributed by atoms with E-state index < -0.39 is 0 Å². The number of rotatable bonds is 8. The largest absolute Gasteiger partial charge is 0.339 e. The van der Waals surface area contributed by atoms with E-state index in [0.717, 1.165) is 43.9 Å². The Balaban J connectivity index is 2.61. The van der Waals surface area contributed by atoms with Crippen molar-refractivity contribution in [1.29, 1.82) is 0 Å². The third-order valence-electron chi connectivity index (χ3n) is 3.05. The van der Waals surface area contributed by atoms with Gasteiger partial charge in [-0.05, 0) is 25.8 Å². The van der Waals surface area contributed by atoms with Crippen LogP contribution in [-0.2, 0) is 6.42 Å². The highest BCUT2D eigenvalue weighted by atomic mass is 16.5. The lowest BCUT2D eigenvalue weighted by Crippen LogP contribution is -2.33. The van der Waals surface area contributed by atoms with Gasteiger partial charge in [0.1, 0.15) is 0 Å². The molecule has 17 heavy (non-hydrogen) atoms. The molecule has 0 amide bonds. The van der Waals surface area contributed by atoms with Gasteiger partial charge in [0, 0.05) is 12.5 Å². The van der Waals surface area contributed by atoms with Gasteiger partial charge in [0.25, 0.3) is 0 Å². The zero-order valence-electron chi connectivity index (χ0n) is 11.5. The molecule has 1 N–H and O–H groups in total. The van der Waals surface area contributed by atoms with Crippen LogP contribution in [0.1, 0.15) is 64.6 Å². The molecule has 0 aliphatic carbocycles. The fourth-order valence-corrected chi connectivity index (χ4v) is 1.95. The van der Waals surface area contributed by atoms with Crippen LogP contribution < -0.4 is 5.32 Å². The quantitative estimate of drug-likeness (QED) is 0.758. The summed E-state index contributed by atoms with van der Waals surface area (Å²) in [7, 11) is 0. The molecule has 0 saturated heterocycles. The van der Waals surface area contributed by atoms with Gasteiger partial charge in [-0.3, -0.25) is 0 Å². The second kappa shape index (κ2) is 7.43. The number of nitrogens with zero attached hydrogens (tertiary/aromatic N) is 2. The molecule has 0 aromatic carbocycles. The van der Waals surface area contributed by atoms with Crippen LogP contribution in [0.3, 0.4) is 0 Å². The molecule has 0 aliphatic rings. The lowest BCUT2D eigenvalue weighted by atomic mass is 9.99. The maximum Gasteiger partial charge on any atom is 0.231 e. The highest BCUT2D eigenvalue weighted by molar-refractivity contribution is 4.97. The van der Waals surface area contributed by atoms with E-state index in [1.54, 1.807) is 0 Å². The predicted octanol–water partition coefficient (Wildman–Crippen LogP) is 2.90. The Morgan fingerprint density at radius 3 is 2.59 bits per heavy atom. The fourth-order valence-electron chi connectivity index (χ4n) is 1.95. The Morgan fingerprint density at radius 1 is 1.24 bits per heavy atom. The molecule has 0 saturated carbocycles. The lowest BCUT2D eigenvalue weighted by Gasteiger charge is -2.20. The second-order valence-electron chi connectivity index (χ2n) is 4.56. The van der Waals surface area contributed by atoms with E-state index in [9.17, 15) is 0 Å². The van der Waals surface area contributed by atoms with Crippen LogP contribution in [0, 0.1) is 0 Å². The van der Waals surface area contributed by atoms with Crippen molar-refractivity contribution in [3.05, 3.63) is 11.7 Å². The summed E-state index contributed by atoms with van der Waals surface area (Å²) >= 11 is 0. The minimum Gasteiger partial charge on any atom is -0.339 e. The zero-order valence-corrected chi connectivity index (χ0v) is 11.5. The molecular formula is C13H25N3O. The topological polar surface area (TPSA) is 51.0 Å². The van der Waals surface area contributed by atoms with E-state index in [2.05, 4.69) is 43.2 Å². The summed E-state index contributed by atoms with van der Waals surface area (Å²) in [6.45, 7) is 9.68. The highest BCUT2D eigenvalue weighted by Crippen LogP contribution is 2.19. The Morgan fingerprint density at radius 2 is 2.00 bits per heavy atom. The number of hydrogen-bond acceptors (Lipinski definition) is 4. The molecule has 0 radical (unpaired) electrons. The summed E-state index contributed by atoms with van der Waals surface area (Å²) < 4.78 is 5.34. The van der Waals surface area contributed by atoms with Crippen LogP contribution in [0.2, 0.25) is 0 Å². The summed E-state index contributed by atoms with van der Waals surface area (Å²) in [5.41, 5.74) is 0. The van der Waals surface area contributed by atoms with Crippen molar-refractivity contribution in [3.8, 4) is 0 Å². The monoisotopic (exact) mass is 239 g/mol. The molecule has 4 nitrogen and oxygen atoms in total. The molecule has 2 atom stereocenters. The summed E-state index contributed by atoms with van der Waals surface area (Å²) in [6.07, 6.45) is 4.18. The zero-order chi connectivity index (χ0) is 12.7. The molecule has 1 aromatic rings. The van der Waals surface area contributed by atoms with Crippen molar-refractivity contribution in [2.45, 2.75) is 65.3 Å². The van der Waals surface area contributed by atoms with Crippen LogP contribution in [-0.4, -0.2) is 22.7 Å². The highest BCUT2D eigenvalue weighted by Gasteiger charge is 2.22. The normalized spacial score (nSPS) is 14.8. The Hall–Kier alpha value is -0.900. The van der Waals surface area contributed by atoms with Crippen LogP contribution in [0.25, 0.3) is 0 Å². The standard InChI is InChI=1S/C13H25N3O/c1-5-8-12-15-13(17-16-12)10(4)11(7-3)14-9-6-2/h10-11,14H,5-9H2,1-4H3. The first-order valence-electron chi connectivity index (χ1n) is 6.78. The van der Waals surface area contributed by atoms with Crippen molar-refractivity contribution < 1.29 is 4.52 Å². The Bertz CT molecular complexity index is 311. The van der Waals surface area contributed by atoms with Gasteiger partial charge in [-0.15, -0.1) is 0 Å². The van der Waals surface area contributed by atoms with Crippen molar-refractivity contribution >= 4 is 0 Å². The van der Waals surface area contributed by atoms with E-state index in [1.165, 1.54) is 0 Å². The summed E-state index contributed by atoms with van der Waals surface area (Å²) in [6, 6.07) is 0.421. The van der Waals surface area contributed by atoms with Gasteiger partial charge in [0.05, 0.1) is 5.92 Å². The summed E-state index contributed by atoms with van der Waals surface area (Å²) in [5.74, 6) is 1.88. The van der Waals surface area contributed by atoms with Crippen molar-refractivity contribution in [2.75, 3.05) is 6.54 Å². The molecular weight excluding hydrogens is 214 g/mol. The minimum atomic E-state index is 0.282. The van der Waals surface area contributed by atoms with Crippen molar-refractivity contribution in [3.63, 3.8) is 0 Å². The van der Waals surface area contributed by atoms with Gasteiger partial charge in [-0.1, -0.05) is 32.9 Å². The third kappa shape index (κ3) is 4.11. The third-order valence-corrected chi connectivity index (χ3v) is 3.05. The lowest BCUT2D eigenvalue weighted by molar-refractivity contribution is 0.317. The second-order valence-corrected chi connectivity index (χ2v) is 4.56. The molecule has 0 fully saturated rings. The molecule has 0 spiro atoms. The van der Waals surface area contributed by atoms with E-state index in [1.807, 2.05) is 0 Å². The molecule has 0 bridgehead atoms. The molecule has 1 rings (SSSR count). The van der Waals surface area contributed by atoms with Gasteiger partial charge >= 0.3 is 0 Å². The molecule has 4 heteroatoms. The first-order chi connectivity index (χ1) is 8.22. The van der Waals surface area contributed by atoms with Crippen LogP contribution >= 0.6 is 0 Å². The average molecular weight is 239 g/mol. The van der Waals surface area contributed by atoms with E-state index in [-0.39, 0.29) is 5.92 Å². The Labute approximate surface area is 104 Å². The molecule has 1 aromatic heterocycles. The van der Waals surface area contributed by atoms with Crippen LogP contribution in [0.4, 0.5) is 0 Å². The fraction of sp³-hybridized carbons (Fsp3) is 0.846. The van der Waals surface area contributed by atoms with Gasteiger partial charge in [-0.2, -0.15) is 4.98 Å². The van der Waals surface area contributed by atoms with Crippen molar-refractivity contribution in [2.24, 2.45) is 0 Å². The summed E-state index contributed by atoms with van der Waals surface area (Å²) in [5, 5.41) is 7.54. The minimum absolute atomic E-state index is 0.282. The smallest absolute Gasteiger partial charge is 0.231 e. The van der Waals surface area contributed by atoms with Gasteiger partial charge in [0.2, 0.25) is 5.89 Å². The molecule has 98 valence electrons. The molecule has 2 unspecified atom stereocenters. The molecule has 0 aliphatic heterocycles. The van der Waals surface area contributed by atoms with E-state index in [4.69, 9.17) is 4.52 Å². The van der Waals surface area contributed by atoms with E-state index in [0.29, 0.717) is 6.04 Å². The first kappa shape index (κ1) is 14.2. The Kier molecular flexibility index (Phi) is 6.19. The maximum absolute atomic E-state index is 5.34. The summed E-state index contributed by atoms with van der Waals surface area (Å²) in [4.78, 5) is 4.46. The van der Waals surface area contributed by atoms with Crippen LogP contribution in [0.15, 0.2) is 4.52 Å². The maximum atomic E-state index is 5.34.